The Morgan fingerprint density at radius 3 is 2.38 bits per heavy atom. The Labute approximate surface area is 197 Å². The molecule has 0 radical (unpaired) electrons. The van der Waals surface area contributed by atoms with Crippen LogP contribution in [0.3, 0.4) is 0 Å². The minimum atomic E-state index is -3.60. The first-order valence-corrected chi connectivity index (χ1v) is 12.3. The van der Waals surface area contributed by atoms with Gasteiger partial charge in [-0.3, -0.25) is 9.10 Å². The van der Waals surface area contributed by atoms with E-state index in [1.165, 1.54) is 28.6 Å². The summed E-state index contributed by atoms with van der Waals surface area (Å²) in [5.74, 6) is -0.672. The second-order valence-corrected chi connectivity index (χ2v) is 9.63. The van der Waals surface area contributed by atoms with Crippen molar-refractivity contribution in [3.63, 3.8) is 0 Å². The maximum Gasteiger partial charge on any atom is 0.251 e. The number of carbonyl (C=O) groups is 1. The van der Waals surface area contributed by atoms with E-state index >= 15 is 0 Å². The number of benzene rings is 3. The number of para-hydroxylation sites is 1. The van der Waals surface area contributed by atoms with Crippen LogP contribution in [-0.4, -0.2) is 30.1 Å². The molecular formula is C25H23FN4O3S. The summed E-state index contributed by atoms with van der Waals surface area (Å²) >= 11 is 0. The van der Waals surface area contributed by atoms with E-state index in [0.29, 0.717) is 23.4 Å². The normalized spacial score (nSPS) is 11.2. The zero-order chi connectivity index (χ0) is 24.1. The van der Waals surface area contributed by atoms with Gasteiger partial charge in [0.2, 0.25) is 10.0 Å². The van der Waals surface area contributed by atoms with Gasteiger partial charge in [-0.2, -0.15) is 0 Å². The van der Waals surface area contributed by atoms with Crippen molar-refractivity contribution in [3.05, 3.63) is 114 Å². The summed E-state index contributed by atoms with van der Waals surface area (Å²) in [4.78, 5) is 16.8. The van der Waals surface area contributed by atoms with E-state index in [2.05, 4.69) is 10.3 Å². The molecule has 1 heterocycles. The van der Waals surface area contributed by atoms with Crippen LogP contribution in [0.4, 0.5) is 10.1 Å². The highest BCUT2D eigenvalue weighted by molar-refractivity contribution is 7.92. The van der Waals surface area contributed by atoms with Crippen LogP contribution in [0.2, 0.25) is 0 Å². The average molecular weight is 479 g/mol. The number of imidazole rings is 1. The van der Waals surface area contributed by atoms with Crippen molar-refractivity contribution in [2.45, 2.75) is 13.1 Å². The molecule has 0 bridgehead atoms. The molecule has 1 amide bonds. The maximum absolute atomic E-state index is 13.2. The third kappa shape index (κ3) is 5.49. The number of hydrogen-bond acceptors (Lipinski definition) is 4. The van der Waals surface area contributed by atoms with Gasteiger partial charge >= 0.3 is 0 Å². The van der Waals surface area contributed by atoms with Gasteiger partial charge in [0.05, 0.1) is 30.5 Å². The van der Waals surface area contributed by atoms with Crippen molar-refractivity contribution in [1.29, 1.82) is 0 Å². The van der Waals surface area contributed by atoms with E-state index in [0.717, 1.165) is 17.5 Å². The molecule has 4 aromatic rings. The van der Waals surface area contributed by atoms with Crippen LogP contribution in [0.25, 0.3) is 5.69 Å². The average Bonchev–Trinajstić information content (AvgIpc) is 3.37. The maximum atomic E-state index is 13.2. The minimum absolute atomic E-state index is 0.0513. The van der Waals surface area contributed by atoms with E-state index in [1.54, 1.807) is 36.8 Å². The number of amides is 1. The summed E-state index contributed by atoms with van der Waals surface area (Å²) < 4.78 is 41.0. The molecule has 0 fully saturated rings. The molecule has 0 aliphatic heterocycles. The summed E-state index contributed by atoms with van der Waals surface area (Å²) in [6, 6.07) is 19.7. The molecule has 0 atom stereocenters. The summed E-state index contributed by atoms with van der Waals surface area (Å²) in [6.07, 6.45) is 6.32. The zero-order valence-corrected chi connectivity index (χ0v) is 19.2. The SMILES string of the molecule is CS(=O)(=O)N(Cc1ccc(F)cc1)c1ccc(C(=O)NCc2ccccc2-n2ccnc2)cc1. The van der Waals surface area contributed by atoms with Gasteiger partial charge < -0.3 is 9.88 Å². The van der Waals surface area contributed by atoms with Gasteiger partial charge in [-0.25, -0.2) is 17.8 Å². The first-order chi connectivity index (χ1) is 16.3. The fourth-order valence-corrected chi connectivity index (χ4v) is 4.41. The van der Waals surface area contributed by atoms with Crippen molar-refractivity contribution in [1.82, 2.24) is 14.9 Å². The lowest BCUT2D eigenvalue weighted by atomic mass is 10.1. The number of anilines is 1. The van der Waals surface area contributed by atoms with Crippen LogP contribution in [0.1, 0.15) is 21.5 Å². The Kier molecular flexibility index (Phi) is 6.74. The largest absolute Gasteiger partial charge is 0.348 e. The number of sulfonamides is 1. The summed E-state index contributed by atoms with van der Waals surface area (Å²) in [5, 5.41) is 2.90. The summed E-state index contributed by atoms with van der Waals surface area (Å²) in [7, 11) is -3.60. The molecular weight excluding hydrogens is 455 g/mol. The molecule has 3 aromatic carbocycles. The smallest absolute Gasteiger partial charge is 0.251 e. The predicted molar refractivity (Wildman–Crippen MR) is 129 cm³/mol. The van der Waals surface area contributed by atoms with Crippen molar-refractivity contribution in [2.75, 3.05) is 10.6 Å². The van der Waals surface area contributed by atoms with E-state index in [-0.39, 0.29) is 12.5 Å². The third-order valence-electron chi connectivity index (χ3n) is 5.27. The molecule has 0 spiro atoms. The second-order valence-electron chi connectivity index (χ2n) is 7.72. The van der Waals surface area contributed by atoms with Crippen LogP contribution >= 0.6 is 0 Å². The van der Waals surface area contributed by atoms with Crippen LogP contribution in [0.15, 0.2) is 91.5 Å². The summed E-state index contributed by atoms with van der Waals surface area (Å²) in [5.41, 5.74) is 3.30. The van der Waals surface area contributed by atoms with E-state index in [1.807, 2.05) is 35.0 Å². The minimum Gasteiger partial charge on any atom is -0.348 e. The zero-order valence-electron chi connectivity index (χ0n) is 18.4. The van der Waals surface area contributed by atoms with Gasteiger partial charge in [-0.15, -0.1) is 0 Å². The van der Waals surface area contributed by atoms with Gasteiger partial charge in [0.15, 0.2) is 0 Å². The number of nitrogens with one attached hydrogen (secondary N) is 1. The third-order valence-corrected chi connectivity index (χ3v) is 6.41. The lowest BCUT2D eigenvalue weighted by Gasteiger charge is -2.22. The predicted octanol–water partition coefficient (Wildman–Crippen LogP) is 3.91. The molecule has 1 aromatic heterocycles. The lowest BCUT2D eigenvalue weighted by molar-refractivity contribution is 0.0951. The van der Waals surface area contributed by atoms with Gasteiger partial charge in [-0.1, -0.05) is 30.3 Å². The Balaban J connectivity index is 1.47. The Hall–Kier alpha value is -3.98. The molecule has 7 nitrogen and oxygen atoms in total. The van der Waals surface area contributed by atoms with Crippen molar-refractivity contribution < 1.29 is 17.6 Å². The topological polar surface area (TPSA) is 84.3 Å². The van der Waals surface area contributed by atoms with Crippen molar-refractivity contribution in [2.24, 2.45) is 0 Å². The van der Waals surface area contributed by atoms with Crippen LogP contribution in [0, 0.1) is 5.82 Å². The molecule has 174 valence electrons. The van der Waals surface area contributed by atoms with Gasteiger partial charge in [0.1, 0.15) is 5.82 Å². The van der Waals surface area contributed by atoms with E-state index < -0.39 is 15.8 Å². The number of hydrogen-bond donors (Lipinski definition) is 1. The fourth-order valence-electron chi connectivity index (χ4n) is 3.53. The Morgan fingerprint density at radius 2 is 1.74 bits per heavy atom. The van der Waals surface area contributed by atoms with Crippen LogP contribution in [-0.2, 0) is 23.1 Å². The summed E-state index contributed by atoms with van der Waals surface area (Å²) in [6.45, 7) is 0.366. The van der Waals surface area contributed by atoms with Gasteiger partial charge in [-0.05, 0) is 53.6 Å². The number of aromatic nitrogens is 2. The Morgan fingerprint density at radius 1 is 1.03 bits per heavy atom. The first kappa shape index (κ1) is 23.2. The van der Waals surface area contributed by atoms with Crippen LogP contribution in [0.5, 0.6) is 0 Å². The van der Waals surface area contributed by atoms with E-state index in [4.69, 9.17) is 0 Å². The standard InChI is InChI=1S/C25H23FN4O3S/c1-34(32,33)30(17-19-6-10-22(26)11-7-19)23-12-8-20(9-13-23)25(31)28-16-21-4-2-3-5-24(21)29-15-14-27-18-29/h2-15,18H,16-17H2,1H3,(H,28,31). The van der Waals surface area contributed by atoms with E-state index in [9.17, 15) is 17.6 Å². The van der Waals surface area contributed by atoms with Crippen LogP contribution < -0.4 is 9.62 Å². The lowest BCUT2D eigenvalue weighted by Crippen LogP contribution is -2.29. The van der Waals surface area contributed by atoms with Gasteiger partial charge in [0, 0.05) is 24.5 Å². The number of carbonyl (C=O) groups excluding carboxylic acids is 1. The Bertz CT molecular complexity index is 1370. The molecule has 4 rings (SSSR count). The monoisotopic (exact) mass is 478 g/mol. The first-order valence-electron chi connectivity index (χ1n) is 10.5. The number of halogens is 1. The van der Waals surface area contributed by atoms with Gasteiger partial charge in [0.25, 0.3) is 5.91 Å². The molecule has 0 unspecified atom stereocenters. The van der Waals surface area contributed by atoms with Crippen molar-refractivity contribution in [3.8, 4) is 5.69 Å². The molecule has 0 aliphatic rings. The fraction of sp³-hybridized carbons (Fsp3) is 0.120. The highest BCUT2D eigenvalue weighted by Gasteiger charge is 2.18. The molecule has 9 heteroatoms. The molecule has 0 aliphatic carbocycles. The van der Waals surface area contributed by atoms with Crippen molar-refractivity contribution >= 4 is 21.6 Å². The molecule has 1 N–H and O–H groups in total. The molecule has 34 heavy (non-hydrogen) atoms. The highest BCUT2D eigenvalue weighted by atomic mass is 32.2. The highest BCUT2D eigenvalue weighted by Crippen LogP contribution is 2.22. The molecule has 0 saturated heterocycles. The molecule has 0 saturated carbocycles. The number of rotatable bonds is 8. The quantitative estimate of drug-likeness (QED) is 0.416. The second kappa shape index (κ2) is 9.88. The number of nitrogens with zero attached hydrogens (tertiary/aromatic N) is 3.